The van der Waals surface area contributed by atoms with Gasteiger partial charge in [0.2, 0.25) is 5.88 Å². The van der Waals surface area contributed by atoms with Crippen molar-refractivity contribution >= 4 is 15.8 Å². The van der Waals surface area contributed by atoms with Crippen LogP contribution in [0.1, 0.15) is 5.56 Å². The van der Waals surface area contributed by atoms with Crippen molar-refractivity contribution in [3.8, 4) is 17.2 Å². The van der Waals surface area contributed by atoms with Gasteiger partial charge in [-0.15, -0.1) is 0 Å². The first-order valence-electron chi connectivity index (χ1n) is 6.89. The second-order valence-corrected chi connectivity index (χ2v) is 6.18. The van der Waals surface area contributed by atoms with Crippen LogP contribution in [0.2, 0.25) is 0 Å². The normalized spacial score (nSPS) is 10.7. The number of hydrogen-bond donors (Lipinski definition) is 2. The third-order valence-electron chi connectivity index (χ3n) is 3.09. The lowest BCUT2D eigenvalue weighted by atomic mass is 10.1. The Labute approximate surface area is 144 Å². The number of methoxy groups -OCH3 is 1. The molecule has 10 heteroatoms. The SMILES string of the molecule is COc1cc(S(=O)(=O)O)ncn1.Cc1ccc(-c2cnco2)cc1N. The van der Waals surface area contributed by atoms with Crippen LogP contribution in [0.15, 0.2) is 52.6 Å². The molecular formula is C15H16N4O5S. The molecular weight excluding hydrogens is 348 g/mol. The zero-order valence-corrected chi connectivity index (χ0v) is 14.3. The lowest BCUT2D eigenvalue weighted by Crippen LogP contribution is -2.02. The van der Waals surface area contributed by atoms with E-state index < -0.39 is 15.1 Å². The molecule has 2 heterocycles. The average molecular weight is 364 g/mol. The van der Waals surface area contributed by atoms with Gasteiger partial charge < -0.3 is 14.9 Å². The first-order chi connectivity index (χ1) is 11.8. The molecule has 0 bridgehead atoms. The number of oxazole rings is 1. The number of nitrogens with two attached hydrogens (primary N) is 1. The molecule has 0 unspecified atom stereocenters. The van der Waals surface area contributed by atoms with Crippen LogP contribution < -0.4 is 10.5 Å². The number of nitrogens with zero attached hydrogens (tertiary/aromatic N) is 3. The van der Waals surface area contributed by atoms with Crippen molar-refractivity contribution in [3.63, 3.8) is 0 Å². The summed E-state index contributed by atoms with van der Waals surface area (Å²) < 4.78 is 39.3. The molecule has 3 aromatic rings. The van der Waals surface area contributed by atoms with Crippen LogP contribution in [-0.2, 0) is 10.1 Å². The summed E-state index contributed by atoms with van der Waals surface area (Å²) in [6.07, 6.45) is 4.07. The molecule has 1 aromatic carbocycles. The summed E-state index contributed by atoms with van der Waals surface area (Å²) in [5, 5.41) is -0.477. The number of aryl methyl sites for hydroxylation is 1. The summed E-state index contributed by atoms with van der Waals surface area (Å²) >= 11 is 0. The first kappa shape index (κ1) is 18.4. The van der Waals surface area contributed by atoms with Gasteiger partial charge in [0, 0.05) is 17.3 Å². The molecule has 0 amide bonds. The summed E-state index contributed by atoms with van der Waals surface area (Å²) in [6.45, 7) is 1.97. The van der Waals surface area contributed by atoms with Crippen LogP contribution in [0, 0.1) is 6.92 Å². The largest absolute Gasteiger partial charge is 0.481 e. The predicted octanol–water partition coefficient (Wildman–Crippen LogP) is 1.96. The number of rotatable bonds is 3. The Bertz CT molecular complexity index is 942. The maximum absolute atomic E-state index is 10.5. The van der Waals surface area contributed by atoms with Crippen LogP contribution in [0.3, 0.4) is 0 Å². The molecule has 132 valence electrons. The molecule has 3 rings (SSSR count). The van der Waals surface area contributed by atoms with E-state index in [0.29, 0.717) is 0 Å². The number of benzene rings is 1. The van der Waals surface area contributed by atoms with Crippen molar-refractivity contribution in [2.45, 2.75) is 11.9 Å². The summed E-state index contributed by atoms with van der Waals surface area (Å²) in [5.41, 5.74) is 8.57. The molecule has 25 heavy (non-hydrogen) atoms. The highest BCUT2D eigenvalue weighted by molar-refractivity contribution is 7.85. The van der Waals surface area contributed by atoms with Crippen molar-refractivity contribution in [2.24, 2.45) is 0 Å². The van der Waals surface area contributed by atoms with Crippen molar-refractivity contribution in [2.75, 3.05) is 12.8 Å². The van der Waals surface area contributed by atoms with Crippen molar-refractivity contribution < 1.29 is 22.1 Å². The minimum atomic E-state index is -4.27. The van der Waals surface area contributed by atoms with Gasteiger partial charge in [-0.2, -0.15) is 8.42 Å². The van der Waals surface area contributed by atoms with E-state index in [0.717, 1.165) is 35.0 Å². The lowest BCUT2D eigenvalue weighted by Gasteiger charge is -2.01. The number of anilines is 1. The predicted molar refractivity (Wildman–Crippen MR) is 89.5 cm³/mol. The number of ether oxygens (including phenoxy) is 1. The van der Waals surface area contributed by atoms with Crippen LogP contribution >= 0.6 is 0 Å². The molecule has 0 saturated heterocycles. The molecule has 0 aliphatic carbocycles. The van der Waals surface area contributed by atoms with Crippen LogP contribution in [0.25, 0.3) is 11.3 Å². The van der Waals surface area contributed by atoms with Gasteiger partial charge in [0.25, 0.3) is 0 Å². The third-order valence-corrected chi connectivity index (χ3v) is 3.84. The molecule has 0 aliphatic heterocycles. The molecule has 9 nitrogen and oxygen atoms in total. The molecule has 0 radical (unpaired) electrons. The number of nitrogen functional groups attached to an aromatic ring is 1. The van der Waals surface area contributed by atoms with E-state index in [4.69, 9.17) is 14.7 Å². The summed E-state index contributed by atoms with van der Waals surface area (Å²) in [4.78, 5) is 10.7. The fraction of sp³-hybridized carbons (Fsp3) is 0.133. The highest BCUT2D eigenvalue weighted by Gasteiger charge is 2.12. The van der Waals surface area contributed by atoms with E-state index in [9.17, 15) is 8.42 Å². The fourth-order valence-electron chi connectivity index (χ4n) is 1.73. The van der Waals surface area contributed by atoms with Gasteiger partial charge in [0.05, 0.1) is 13.3 Å². The zero-order chi connectivity index (χ0) is 18.4. The summed E-state index contributed by atoms with van der Waals surface area (Å²) in [7, 11) is -2.94. The fourth-order valence-corrected chi connectivity index (χ4v) is 2.16. The molecule has 0 spiro atoms. The Kier molecular flexibility index (Phi) is 5.67. The molecule has 0 aliphatic rings. The summed E-state index contributed by atoms with van der Waals surface area (Å²) in [5.74, 6) is 0.823. The molecule has 0 fully saturated rings. The second kappa shape index (κ2) is 7.73. The molecule has 3 N–H and O–H groups in total. The van der Waals surface area contributed by atoms with Crippen LogP contribution in [0.4, 0.5) is 5.69 Å². The zero-order valence-electron chi connectivity index (χ0n) is 13.4. The monoisotopic (exact) mass is 364 g/mol. The van der Waals surface area contributed by atoms with E-state index in [1.807, 2.05) is 25.1 Å². The quantitative estimate of drug-likeness (QED) is 0.405. The van der Waals surface area contributed by atoms with Gasteiger partial charge in [0.1, 0.15) is 6.33 Å². The van der Waals surface area contributed by atoms with Gasteiger partial charge in [0.15, 0.2) is 17.2 Å². The highest BCUT2D eigenvalue weighted by atomic mass is 32.2. The van der Waals surface area contributed by atoms with Gasteiger partial charge in [-0.25, -0.2) is 15.0 Å². The van der Waals surface area contributed by atoms with Crippen LogP contribution in [0.5, 0.6) is 5.88 Å². The Morgan fingerprint density at radius 2 is 2.00 bits per heavy atom. The van der Waals surface area contributed by atoms with E-state index in [2.05, 4.69) is 19.7 Å². The number of hydrogen-bond acceptors (Lipinski definition) is 8. The van der Waals surface area contributed by atoms with Crippen LogP contribution in [-0.4, -0.2) is 35.0 Å². The minimum absolute atomic E-state index is 0.0811. The average Bonchev–Trinajstić information content (AvgIpc) is 3.12. The smallest absolute Gasteiger partial charge is 0.312 e. The van der Waals surface area contributed by atoms with Gasteiger partial charge in [-0.3, -0.25) is 4.55 Å². The second-order valence-electron chi connectivity index (χ2n) is 4.81. The minimum Gasteiger partial charge on any atom is -0.481 e. The van der Waals surface area contributed by atoms with Crippen molar-refractivity contribution in [3.05, 3.63) is 48.7 Å². The Hall–Kier alpha value is -2.98. The maximum Gasteiger partial charge on any atom is 0.312 e. The van der Waals surface area contributed by atoms with Gasteiger partial charge >= 0.3 is 10.1 Å². The van der Waals surface area contributed by atoms with Gasteiger partial charge in [-0.1, -0.05) is 12.1 Å². The lowest BCUT2D eigenvalue weighted by molar-refractivity contribution is 0.393. The maximum atomic E-state index is 10.5. The van der Waals surface area contributed by atoms with E-state index >= 15 is 0 Å². The van der Waals surface area contributed by atoms with Crippen molar-refractivity contribution in [1.29, 1.82) is 0 Å². The van der Waals surface area contributed by atoms with E-state index in [1.165, 1.54) is 13.5 Å². The first-order valence-corrected chi connectivity index (χ1v) is 8.34. The Morgan fingerprint density at radius 1 is 1.24 bits per heavy atom. The standard InChI is InChI=1S/C10H10N2O.C5H6N2O4S/c1-7-2-3-8(4-9(7)11)10-5-12-6-13-10;1-11-4-2-5(7-3-6-4)12(8,9)10/h2-6H,11H2,1H3;2-3H,1H3,(H,8,9,10). The topological polar surface area (TPSA) is 141 Å². The Balaban J connectivity index is 0.000000181. The van der Waals surface area contributed by atoms with Gasteiger partial charge in [-0.05, 0) is 18.6 Å². The number of aromatic nitrogens is 3. The molecule has 2 aromatic heterocycles. The highest BCUT2D eigenvalue weighted by Crippen LogP contribution is 2.22. The molecule has 0 saturated carbocycles. The molecule has 0 atom stereocenters. The Morgan fingerprint density at radius 3 is 2.56 bits per heavy atom. The summed E-state index contributed by atoms with van der Waals surface area (Å²) in [6, 6.07) is 6.84. The third kappa shape index (κ3) is 4.99. The van der Waals surface area contributed by atoms with E-state index in [-0.39, 0.29) is 5.88 Å². The van der Waals surface area contributed by atoms with E-state index in [1.54, 1.807) is 6.20 Å². The van der Waals surface area contributed by atoms with Crippen molar-refractivity contribution in [1.82, 2.24) is 15.0 Å².